The molecule has 5 nitrogen and oxygen atoms in total. The predicted octanol–water partition coefficient (Wildman–Crippen LogP) is 2.57. The Morgan fingerprint density at radius 3 is 2.58 bits per heavy atom. The second kappa shape index (κ2) is 5.30. The van der Waals surface area contributed by atoms with Crippen LogP contribution in [0.4, 0.5) is 4.79 Å². The van der Waals surface area contributed by atoms with Crippen LogP contribution in [-0.4, -0.2) is 26.8 Å². The highest BCUT2D eigenvalue weighted by molar-refractivity contribution is 7.78. The second-order valence-corrected chi connectivity index (χ2v) is 6.30. The molecule has 1 heterocycles. The summed E-state index contributed by atoms with van der Waals surface area (Å²) in [5.41, 5.74) is 0.240. The maximum atomic E-state index is 12.1. The largest absolute Gasteiger partial charge is 0.443 e. The Morgan fingerprint density at radius 1 is 1.37 bits per heavy atom. The standard InChI is InChI=1S/C13H17NO4S/c1-13(2,3)18-12(15)14-11(9-17-19(14)16)10-7-5-4-6-8-10/h4-8,11H,9H2,1-3H3. The van der Waals surface area contributed by atoms with Crippen LogP contribution in [0.25, 0.3) is 0 Å². The van der Waals surface area contributed by atoms with E-state index in [1.165, 1.54) is 0 Å². The van der Waals surface area contributed by atoms with E-state index in [-0.39, 0.29) is 12.6 Å². The molecule has 1 aromatic carbocycles. The predicted molar refractivity (Wildman–Crippen MR) is 71.4 cm³/mol. The van der Waals surface area contributed by atoms with E-state index in [2.05, 4.69) is 0 Å². The van der Waals surface area contributed by atoms with Gasteiger partial charge in [0.2, 0.25) is 0 Å². The van der Waals surface area contributed by atoms with E-state index >= 15 is 0 Å². The molecule has 1 saturated heterocycles. The Balaban J connectivity index is 2.21. The molecule has 1 aliphatic rings. The van der Waals surface area contributed by atoms with Crippen molar-refractivity contribution in [3.8, 4) is 0 Å². The third kappa shape index (κ3) is 3.33. The molecule has 0 aromatic heterocycles. The fraction of sp³-hybridized carbons (Fsp3) is 0.462. The number of carbonyl (C=O) groups is 1. The van der Waals surface area contributed by atoms with Crippen LogP contribution < -0.4 is 0 Å². The van der Waals surface area contributed by atoms with Gasteiger partial charge in [0.15, 0.2) is 0 Å². The highest BCUT2D eigenvalue weighted by atomic mass is 32.2. The summed E-state index contributed by atoms with van der Waals surface area (Å²) in [6.07, 6.45) is -0.628. The number of amides is 1. The first kappa shape index (κ1) is 14.0. The fourth-order valence-electron chi connectivity index (χ4n) is 1.75. The van der Waals surface area contributed by atoms with Crippen molar-refractivity contribution in [2.24, 2.45) is 0 Å². The van der Waals surface area contributed by atoms with Gasteiger partial charge >= 0.3 is 6.09 Å². The zero-order chi connectivity index (χ0) is 14.0. The molecule has 0 bridgehead atoms. The molecular formula is C13H17NO4S. The van der Waals surface area contributed by atoms with E-state index in [9.17, 15) is 9.00 Å². The van der Waals surface area contributed by atoms with Crippen LogP contribution >= 0.6 is 0 Å². The SMILES string of the molecule is CC(C)(C)OC(=O)N1C(c2ccccc2)COS1=O. The summed E-state index contributed by atoms with van der Waals surface area (Å²) in [6, 6.07) is 8.97. The Hall–Kier alpha value is -1.40. The first-order chi connectivity index (χ1) is 8.88. The summed E-state index contributed by atoms with van der Waals surface area (Å²) >= 11 is -1.80. The number of carbonyl (C=O) groups excluding carboxylic acids is 1. The highest BCUT2D eigenvalue weighted by Gasteiger charge is 2.40. The molecule has 104 valence electrons. The van der Waals surface area contributed by atoms with Crippen molar-refractivity contribution in [1.29, 1.82) is 0 Å². The van der Waals surface area contributed by atoms with Crippen molar-refractivity contribution in [3.05, 3.63) is 35.9 Å². The van der Waals surface area contributed by atoms with E-state index in [1.54, 1.807) is 20.8 Å². The summed E-state index contributed by atoms with van der Waals surface area (Å²) < 4.78 is 23.3. The van der Waals surface area contributed by atoms with Crippen LogP contribution in [0.5, 0.6) is 0 Å². The maximum absolute atomic E-state index is 12.1. The summed E-state index contributed by atoms with van der Waals surface area (Å²) in [5, 5.41) is 0. The molecule has 0 saturated carbocycles. The van der Waals surface area contributed by atoms with Gasteiger partial charge in [0.05, 0.1) is 6.61 Å². The van der Waals surface area contributed by atoms with Crippen LogP contribution in [-0.2, 0) is 20.2 Å². The lowest BCUT2D eigenvalue weighted by Crippen LogP contribution is -2.37. The quantitative estimate of drug-likeness (QED) is 0.795. The second-order valence-electron chi connectivity index (χ2n) is 5.23. The Labute approximate surface area is 115 Å². The molecule has 1 fully saturated rings. The maximum Gasteiger partial charge on any atom is 0.424 e. The third-order valence-corrected chi connectivity index (χ3v) is 3.59. The van der Waals surface area contributed by atoms with Crippen LogP contribution in [0, 0.1) is 0 Å². The van der Waals surface area contributed by atoms with E-state index in [4.69, 9.17) is 8.92 Å². The van der Waals surface area contributed by atoms with Crippen molar-refractivity contribution >= 4 is 17.4 Å². The molecule has 0 radical (unpaired) electrons. The first-order valence-electron chi connectivity index (χ1n) is 6.01. The average Bonchev–Trinajstić information content (AvgIpc) is 2.70. The van der Waals surface area contributed by atoms with Gasteiger partial charge in [0.1, 0.15) is 11.6 Å². The van der Waals surface area contributed by atoms with Gasteiger partial charge < -0.3 is 4.74 Å². The average molecular weight is 283 g/mol. The molecule has 2 rings (SSSR count). The third-order valence-electron chi connectivity index (χ3n) is 2.53. The minimum Gasteiger partial charge on any atom is -0.443 e. The van der Waals surface area contributed by atoms with Crippen LogP contribution in [0.2, 0.25) is 0 Å². The number of ether oxygens (including phenoxy) is 1. The van der Waals surface area contributed by atoms with Crippen molar-refractivity contribution in [1.82, 2.24) is 4.31 Å². The summed E-state index contributed by atoms with van der Waals surface area (Å²) in [4.78, 5) is 12.1. The normalized spacial score (nSPS) is 23.4. The summed E-state index contributed by atoms with van der Waals surface area (Å²) in [5.74, 6) is 0. The molecule has 0 spiro atoms. The number of nitrogens with zero attached hydrogens (tertiary/aromatic N) is 1. The van der Waals surface area contributed by atoms with Crippen molar-refractivity contribution in [2.45, 2.75) is 32.4 Å². The first-order valence-corrected chi connectivity index (χ1v) is 7.04. The van der Waals surface area contributed by atoms with Crippen LogP contribution in [0.1, 0.15) is 32.4 Å². The van der Waals surface area contributed by atoms with Gasteiger partial charge in [0, 0.05) is 0 Å². The molecule has 1 aliphatic heterocycles. The van der Waals surface area contributed by atoms with Crippen molar-refractivity contribution in [3.63, 3.8) is 0 Å². The smallest absolute Gasteiger partial charge is 0.424 e. The van der Waals surface area contributed by atoms with Gasteiger partial charge in [-0.2, -0.15) is 4.31 Å². The minimum absolute atomic E-state index is 0.204. The topological polar surface area (TPSA) is 55.8 Å². The van der Waals surface area contributed by atoms with Crippen LogP contribution in [0.3, 0.4) is 0 Å². The Morgan fingerprint density at radius 2 is 2.00 bits per heavy atom. The zero-order valence-corrected chi connectivity index (χ0v) is 12.0. The Bertz CT molecular complexity index is 483. The van der Waals surface area contributed by atoms with E-state index < -0.39 is 23.0 Å². The van der Waals surface area contributed by atoms with E-state index in [1.807, 2.05) is 30.3 Å². The highest BCUT2D eigenvalue weighted by Crippen LogP contribution is 2.30. The number of rotatable bonds is 1. The van der Waals surface area contributed by atoms with Gasteiger partial charge in [-0.15, -0.1) is 0 Å². The molecular weight excluding hydrogens is 266 g/mol. The molecule has 2 unspecified atom stereocenters. The molecule has 6 heteroatoms. The number of hydrogen-bond acceptors (Lipinski definition) is 4. The number of benzene rings is 1. The van der Waals surface area contributed by atoms with E-state index in [0.717, 1.165) is 9.87 Å². The minimum atomic E-state index is -1.80. The van der Waals surface area contributed by atoms with Gasteiger partial charge in [-0.1, -0.05) is 30.3 Å². The molecule has 19 heavy (non-hydrogen) atoms. The molecule has 2 atom stereocenters. The van der Waals surface area contributed by atoms with E-state index in [0.29, 0.717) is 0 Å². The van der Waals surface area contributed by atoms with Crippen molar-refractivity contribution in [2.75, 3.05) is 6.61 Å². The van der Waals surface area contributed by atoms with Crippen molar-refractivity contribution < 1.29 is 17.9 Å². The summed E-state index contributed by atoms with van der Waals surface area (Å²) in [6.45, 7) is 5.50. The lowest BCUT2D eigenvalue weighted by Gasteiger charge is -2.25. The van der Waals surface area contributed by atoms with Gasteiger partial charge in [0.25, 0.3) is 11.3 Å². The van der Waals surface area contributed by atoms with Crippen LogP contribution in [0.15, 0.2) is 30.3 Å². The van der Waals surface area contributed by atoms with Gasteiger partial charge in [-0.25, -0.2) is 9.00 Å². The lowest BCUT2D eigenvalue weighted by atomic mass is 10.1. The Kier molecular flexibility index (Phi) is 3.91. The lowest BCUT2D eigenvalue weighted by molar-refractivity contribution is 0.0362. The fourth-order valence-corrected chi connectivity index (χ4v) is 2.66. The molecule has 1 aromatic rings. The monoisotopic (exact) mass is 283 g/mol. The van der Waals surface area contributed by atoms with Gasteiger partial charge in [-0.3, -0.25) is 4.18 Å². The van der Waals surface area contributed by atoms with Gasteiger partial charge in [-0.05, 0) is 26.3 Å². The zero-order valence-electron chi connectivity index (χ0n) is 11.2. The molecule has 1 amide bonds. The number of hydrogen-bond donors (Lipinski definition) is 0. The molecule has 0 aliphatic carbocycles. The molecule has 0 N–H and O–H groups in total. The summed E-state index contributed by atoms with van der Waals surface area (Å²) in [7, 11) is 0.